The van der Waals surface area contributed by atoms with Crippen LogP contribution in [0.1, 0.15) is 16.7 Å². The molecule has 0 amide bonds. The molecule has 0 aliphatic carbocycles. The first kappa shape index (κ1) is 12.9. The maximum Gasteiger partial charge on any atom is 0.134 e. The van der Waals surface area contributed by atoms with E-state index in [-0.39, 0.29) is 0 Å². The van der Waals surface area contributed by atoms with Crippen LogP contribution in [0.2, 0.25) is 5.02 Å². The molecule has 0 radical (unpaired) electrons. The lowest BCUT2D eigenvalue weighted by Gasteiger charge is -2.14. The van der Waals surface area contributed by atoms with Gasteiger partial charge in [0.25, 0.3) is 0 Å². The van der Waals surface area contributed by atoms with Gasteiger partial charge in [-0.2, -0.15) is 0 Å². The Morgan fingerprint density at radius 1 is 1.33 bits per heavy atom. The Bertz CT molecular complexity index is 544. The smallest absolute Gasteiger partial charge is 0.134 e. The lowest BCUT2D eigenvalue weighted by atomic mass is 10.1. The highest BCUT2D eigenvalue weighted by molar-refractivity contribution is 6.33. The van der Waals surface area contributed by atoms with E-state index in [1.54, 1.807) is 6.20 Å². The molecule has 1 aromatic heterocycles. The minimum absolute atomic E-state index is 0.443. The highest BCUT2D eigenvalue weighted by Crippen LogP contribution is 2.30. The molecule has 1 heterocycles. The zero-order chi connectivity index (χ0) is 13.1. The summed E-state index contributed by atoms with van der Waals surface area (Å²) in [4.78, 5) is 4.30. The fraction of sp³-hybridized carbons (Fsp3) is 0.214. The van der Waals surface area contributed by atoms with Crippen LogP contribution in [-0.2, 0) is 6.54 Å². The summed E-state index contributed by atoms with van der Waals surface area (Å²) in [5, 5.41) is 3.96. The monoisotopic (exact) mass is 261 g/mol. The van der Waals surface area contributed by atoms with E-state index in [0.717, 1.165) is 28.2 Å². The molecule has 2 rings (SSSR count). The Morgan fingerprint density at radius 3 is 2.78 bits per heavy atom. The van der Waals surface area contributed by atoms with Crippen molar-refractivity contribution in [2.24, 2.45) is 5.73 Å². The van der Waals surface area contributed by atoms with Gasteiger partial charge < -0.3 is 11.1 Å². The summed E-state index contributed by atoms with van der Waals surface area (Å²) in [7, 11) is 0. The molecule has 0 bridgehead atoms. The number of hydrogen-bond acceptors (Lipinski definition) is 3. The van der Waals surface area contributed by atoms with Gasteiger partial charge in [0, 0.05) is 18.3 Å². The Balaban J connectivity index is 2.40. The van der Waals surface area contributed by atoms with Crippen molar-refractivity contribution in [1.29, 1.82) is 0 Å². The molecule has 1 aromatic carbocycles. The zero-order valence-electron chi connectivity index (χ0n) is 10.5. The van der Waals surface area contributed by atoms with Crippen LogP contribution in [0.25, 0.3) is 0 Å². The number of pyridine rings is 1. The summed E-state index contributed by atoms with van der Waals surface area (Å²) < 4.78 is 0. The van der Waals surface area contributed by atoms with Gasteiger partial charge in [-0.05, 0) is 37.1 Å². The van der Waals surface area contributed by atoms with Crippen molar-refractivity contribution >= 4 is 23.1 Å². The number of aromatic nitrogens is 1. The summed E-state index contributed by atoms with van der Waals surface area (Å²) in [6.07, 6.45) is 1.74. The molecule has 18 heavy (non-hydrogen) atoms. The number of anilines is 2. The summed E-state index contributed by atoms with van der Waals surface area (Å²) >= 11 is 6.26. The summed E-state index contributed by atoms with van der Waals surface area (Å²) in [6.45, 7) is 4.49. The van der Waals surface area contributed by atoms with Crippen molar-refractivity contribution in [3.05, 3.63) is 52.2 Å². The van der Waals surface area contributed by atoms with Gasteiger partial charge in [-0.25, -0.2) is 4.98 Å². The molecule has 0 spiro atoms. The quantitative estimate of drug-likeness (QED) is 0.888. The molecule has 0 aliphatic rings. The molecule has 3 N–H and O–H groups in total. The molecule has 0 saturated heterocycles. The van der Waals surface area contributed by atoms with Crippen LogP contribution < -0.4 is 11.1 Å². The lowest BCUT2D eigenvalue weighted by Crippen LogP contribution is -2.04. The third-order valence-corrected chi connectivity index (χ3v) is 3.08. The molecule has 0 unspecified atom stereocenters. The molecular formula is C14H16ClN3. The van der Waals surface area contributed by atoms with Gasteiger partial charge in [0.15, 0.2) is 0 Å². The molecule has 3 nitrogen and oxygen atoms in total. The Labute approximate surface area is 112 Å². The van der Waals surface area contributed by atoms with Gasteiger partial charge >= 0.3 is 0 Å². The van der Waals surface area contributed by atoms with E-state index in [0.29, 0.717) is 11.6 Å². The van der Waals surface area contributed by atoms with Crippen molar-refractivity contribution < 1.29 is 0 Å². The van der Waals surface area contributed by atoms with Gasteiger partial charge in [-0.3, -0.25) is 0 Å². The summed E-state index contributed by atoms with van der Waals surface area (Å²) in [5.41, 5.74) is 9.78. The van der Waals surface area contributed by atoms with Crippen LogP contribution in [-0.4, -0.2) is 4.98 Å². The Morgan fingerprint density at radius 2 is 2.11 bits per heavy atom. The van der Waals surface area contributed by atoms with Gasteiger partial charge in [0.2, 0.25) is 0 Å². The predicted octanol–water partition coefficient (Wildman–Crippen LogP) is 3.55. The van der Waals surface area contributed by atoms with Crippen LogP contribution in [0, 0.1) is 13.8 Å². The predicted molar refractivity (Wildman–Crippen MR) is 76.3 cm³/mol. The van der Waals surface area contributed by atoms with Crippen molar-refractivity contribution in [3.63, 3.8) is 0 Å². The van der Waals surface area contributed by atoms with Crippen molar-refractivity contribution in [3.8, 4) is 0 Å². The standard InChI is InChI=1S/C14H16ClN3/c1-9-6-10(2)13(12(15)7-9)18-14-11(8-16)4-3-5-17-14/h3-7H,8,16H2,1-2H3,(H,17,18). The van der Waals surface area contributed by atoms with E-state index in [9.17, 15) is 0 Å². The van der Waals surface area contributed by atoms with E-state index in [1.165, 1.54) is 0 Å². The van der Waals surface area contributed by atoms with Crippen LogP contribution in [0.3, 0.4) is 0 Å². The highest BCUT2D eigenvalue weighted by Gasteiger charge is 2.08. The first-order valence-corrected chi connectivity index (χ1v) is 6.17. The summed E-state index contributed by atoms with van der Waals surface area (Å²) in [6, 6.07) is 7.84. The number of aryl methyl sites for hydroxylation is 2. The first-order chi connectivity index (χ1) is 8.61. The molecule has 2 aromatic rings. The van der Waals surface area contributed by atoms with Crippen LogP contribution >= 0.6 is 11.6 Å². The van der Waals surface area contributed by atoms with Gasteiger partial charge in [0.1, 0.15) is 5.82 Å². The summed E-state index contributed by atoms with van der Waals surface area (Å²) in [5.74, 6) is 0.758. The fourth-order valence-electron chi connectivity index (χ4n) is 1.91. The molecule has 0 saturated carbocycles. The molecule has 0 fully saturated rings. The molecule has 0 aliphatic heterocycles. The number of benzene rings is 1. The Hall–Kier alpha value is -1.58. The first-order valence-electron chi connectivity index (χ1n) is 5.79. The van der Waals surface area contributed by atoms with Crippen molar-refractivity contribution in [2.45, 2.75) is 20.4 Å². The second kappa shape index (κ2) is 5.38. The third-order valence-electron chi connectivity index (χ3n) is 2.79. The molecule has 94 valence electrons. The number of halogens is 1. The highest BCUT2D eigenvalue weighted by atomic mass is 35.5. The Kier molecular flexibility index (Phi) is 3.84. The second-order valence-corrected chi connectivity index (χ2v) is 4.69. The van der Waals surface area contributed by atoms with E-state index >= 15 is 0 Å². The number of hydrogen-bond donors (Lipinski definition) is 2. The normalized spacial score (nSPS) is 10.4. The maximum atomic E-state index is 6.26. The number of nitrogens with two attached hydrogens (primary N) is 1. The fourth-order valence-corrected chi connectivity index (χ4v) is 2.28. The SMILES string of the molecule is Cc1cc(C)c(Nc2ncccc2CN)c(Cl)c1. The number of nitrogens with one attached hydrogen (secondary N) is 1. The van der Waals surface area contributed by atoms with Gasteiger partial charge in [-0.15, -0.1) is 0 Å². The van der Waals surface area contributed by atoms with Crippen molar-refractivity contribution in [1.82, 2.24) is 4.98 Å². The van der Waals surface area contributed by atoms with E-state index < -0.39 is 0 Å². The topological polar surface area (TPSA) is 50.9 Å². The van der Waals surface area contributed by atoms with Gasteiger partial charge in [-0.1, -0.05) is 23.7 Å². The van der Waals surface area contributed by atoms with E-state index in [4.69, 9.17) is 17.3 Å². The maximum absolute atomic E-state index is 6.26. The minimum atomic E-state index is 0.443. The van der Waals surface area contributed by atoms with Crippen molar-refractivity contribution in [2.75, 3.05) is 5.32 Å². The molecule has 4 heteroatoms. The van der Waals surface area contributed by atoms with Gasteiger partial charge in [0.05, 0.1) is 10.7 Å². The third kappa shape index (κ3) is 2.63. The number of nitrogens with zero attached hydrogens (tertiary/aromatic N) is 1. The van der Waals surface area contributed by atoms with Crippen LogP contribution in [0.4, 0.5) is 11.5 Å². The molecule has 0 atom stereocenters. The second-order valence-electron chi connectivity index (χ2n) is 4.28. The van der Waals surface area contributed by atoms with E-state index in [1.807, 2.05) is 32.0 Å². The molecular weight excluding hydrogens is 246 g/mol. The van der Waals surface area contributed by atoms with Crippen LogP contribution in [0.15, 0.2) is 30.5 Å². The average molecular weight is 262 g/mol. The lowest BCUT2D eigenvalue weighted by molar-refractivity contribution is 1.05. The zero-order valence-corrected chi connectivity index (χ0v) is 11.3. The minimum Gasteiger partial charge on any atom is -0.339 e. The largest absolute Gasteiger partial charge is 0.339 e. The van der Waals surface area contributed by atoms with Crippen LogP contribution in [0.5, 0.6) is 0 Å². The average Bonchev–Trinajstić information content (AvgIpc) is 2.34. The van der Waals surface area contributed by atoms with E-state index in [2.05, 4.69) is 16.4 Å². The number of rotatable bonds is 3.